The molecular weight excluding hydrogens is 226 g/mol. The van der Waals surface area contributed by atoms with Crippen LogP contribution in [-0.2, 0) is 0 Å². The predicted octanol–water partition coefficient (Wildman–Crippen LogP) is 3.77. The lowest BCUT2D eigenvalue weighted by Crippen LogP contribution is -1.95. The van der Waals surface area contributed by atoms with Crippen LogP contribution in [0.3, 0.4) is 0 Å². The Morgan fingerprint density at radius 3 is 2.50 bits per heavy atom. The van der Waals surface area contributed by atoms with Crippen molar-refractivity contribution in [2.45, 2.75) is 13.8 Å². The highest BCUT2D eigenvalue weighted by atomic mass is 16.5. The van der Waals surface area contributed by atoms with Crippen molar-refractivity contribution in [2.75, 3.05) is 12.3 Å². The minimum atomic E-state index is 0.604. The zero-order chi connectivity index (χ0) is 13.0. The van der Waals surface area contributed by atoms with Crippen LogP contribution >= 0.6 is 0 Å². The Bertz CT molecular complexity index is 538. The molecule has 0 saturated heterocycles. The molecule has 2 aromatic rings. The molecule has 0 heterocycles. The van der Waals surface area contributed by atoms with E-state index in [2.05, 4.69) is 0 Å². The summed E-state index contributed by atoms with van der Waals surface area (Å²) in [5, 5.41) is 0. The molecule has 94 valence electrons. The number of nitrogens with two attached hydrogens (primary N) is 1. The topological polar surface area (TPSA) is 44.5 Å². The van der Waals surface area contributed by atoms with Gasteiger partial charge >= 0.3 is 0 Å². The fourth-order valence-electron chi connectivity index (χ4n) is 1.70. The summed E-state index contributed by atoms with van der Waals surface area (Å²) in [7, 11) is 0. The van der Waals surface area contributed by atoms with Crippen molar-refractivity contribution in [3.63, 3.8) is 0 Å². The molecule has 18 heavy (non-hydrogen) atoms. The van der Waals surface area contributed by atoms with Gasteiger partial charge in [0.25, 0.3) is 0 Å². The Balaban J connectivity index is 2.26. The first-order chi connectivity index (χ1) is 8.69. The lowest BCUT2D eigenvalue weighted by Gasteiger charge is -2.11. The summed E-state index contributed by atoms with van der Waals surface area (Å²) in [6.07, 6.45) is 0. The third kappa shape index (κ3) is 2.94. The molecule has 0 aliphatic heterocycles. The average Bonchev–Trinajstić information content (AvgIpc) is 2.32. The van der Waals surface area contributed by atoms with Crippen molar-refractivity contribution in [1.82, 2.24) is 0 Å². The third-order valence-corrected chi connectivity index (χ3v) is 2.53. The molecule has 0 aromatic heterocycles. The molecule has 0 radical (unpaired) electrons. The van der Waals surface area contributed by atoms with Crippen LogP contribution in [0, 0.1) is 6.92 Å². The standard InChI is InChI=1S/C15H17NO2/c1-3-17-13-8-12(16)9-14(10-13)18-15-7-5-4-6-11(15)2/h4-10H,3,16H2,1-2H3. The van der Waals surface area contributed by atoms with Crippen LogP contribution in [0.15, 0.2) is 42.5 Å². The largest absolute Gasteiger partial charge is 0.494 e. The minimum Gasteiger partial charge on any atom is -0.494 e. The van der Waals surface area contributed by atoms with Gasteiger partial charge in [0.05, 0.1) is 6.61 Å². The number of rotatable bonds is 4. The number of ether oxygens (including phenoxy) is 2. The monoisotopic (exact) mass is 243 g/mol. The molecule has 2 rings (SSSR count). The number of aryl methyl sites for hydroxylation is 1. The zero-order valence-electron chi connectivity index (χ0n) is 10.6. The van der Waals surface area contributed by atoms with Crippen LogP contribution < -0.4 is 15.2 Å². The molecule has 0 amide bonds. The van der Waals surface area contributed by atoms with Gasteiger partial charge in [-0.3, -0.25) is 0 Å². The highest BCUT2D eigenvalue weighted by molar-refractivity contribution is 5.51. The molecule has 2 N–H and O–H groups in total. The first-order valence-corrected chi connectivity index (χ1v) is 5.96. The first kappa shape index (κ1) is 12.3. The Kier molecular flexibility index (Phi) is 3.72. The summed E-state index contributed by atoms with van der Waals surface area (Å²) >= 11 is 0. The predicted molar refractivity (Wildman–Crippen MR) is 73.3 cm³/mol. The quantitative estimate of drug-likeness (QED) is 0.831. The molecule has 3 heteroatoms. The van der Waals surface area contributed by atoms with Crippen molar-refractivity contribution in [2.24, 2.45) is 0 Å². The van der Waals surface area contributed by atoms with Crippen molar-refractivity contribution in [3.8, 4) is 17.2 Å². The van der Waals surface area contributed by atoms with Gasteiger partial charge in [0.2, 0.25) is 0 Å². The Morgan fingerprint density at radius 1 is 1.06 bits per heavy atom. The first-order valence-electron chi connectivity index (χ1n) is 5.96. The van der Waals surface area contributed by atoms with E-state index in [1.807, 2.05) is 44.2 Å². The van der Waals surface area contributed by atoms with Crippen molar-refractivity contribution in [3.05, 3.63) is 48.0 Å². The van der Waals surface area contributed by atoms with Crippen molar-refractivity contribution >= 4 is 5.69 Å². The van der Waals surface area contributed by atoms with Gasteiger partial charge in [0, 0.05) is 23.9 Å². The molecule has 0 atom stereocenters. The SMILES string of the molecule is CCOc1cc(N)cc(Oc2ccccc2C)c1. The smallest absolute Gasteiger partial charge is 0.133 e. The van der Waals surface area contributed by atoms with Gasteiger partial charge < -0.3 is 15.2 Å². The summed E-state index contributed by atoms with van der Waals surface area (Å²) < 4.78 is 11.3. The number of hydrogen-bond donors (Lipinski definition) is 1. The van der Waals surface area contributed by atoms with E-state index in [9.17, 15) is 0 Å². The van der Waals surface area contributed by atoms with Gasteiger partial charge in [-0.2, -0.15) is 0 Å². The molecule has 0 saturated carbocycles. The number of para-hydroxylation sites is 1. The highest BCUT2D eigenvalue weighted by Crippen LogP contribution is 2.30. The fraction of sp³-hybridized carbons (Fsp3) is 0.200. The van der Waals surface area contributed by atoms with Crippen molar-refractivity contribution in [1.29, 1.82) is 0 Å². The minimum absolute atomic E-state index is 0.604. The third-order valence-electron chi connectivity index (χ3n) is 2.53. The van der Waals surface area contributed by atoms with Crippen molar-refractivity contribution < 1.29 is 9.47 Å². The maximum absolute atomic E-state index is 5.82. The summed E-state index contributed by atoms with van der Waals surface area (Å²) in [6, 6.07) is 13.3. The maximum Gasteiger partial charge on any atom is 0.133 e. The molecule has 0 spiro atoms. The number of anilines is 1. The fourth-order valence-corrected chi connectivity index (χ4v) is 1.70. The summed E-state index contributed by atoms with van der Waals surface area (Å²) in [5.41, 5.74) is 7.53. The molecule has 0 aliphatic carbocycles. The second-order valence-corrected chi connectivity index (χ2v) is 4.04. The Morgan fingerprint density at radius 2 is 1.78 bits per heavy atom. The van der Waals surface area contributed by atoms with E-state index in [0.717, 1.165) is 17.1 Å². The van der Waals surface area contributed by atoms with Crippen LogP contribution in [0.1, 0.15) is 12.5 Å². The number of benzene rings is 2. The molecular formula is C15H17NO2. The van der Waals surface area contributed by atoms with E-state index >= 15 is 0 Å². The van der Waals surface area contributed by atoms with Crippen LogP contribution in [0.5, 0.6) is 17.2 Å². The molecule has 0 bridgehead atoms. The molecule has 0 aliphatic rings. The molecule has 0 fully saturated rings. The Hall–Kier alpha value is -2.16. The van der Waals surface area contributed by atoms with Gasteiger partial charge in [0.1, 0.15) is 17.2 Å². The van der Waals surface area contributed by atoms with E-state index in [-0.39, 0.29) is 0 Å². The average molecular weight is 243 g/mol. The van der Waals surface area contributed by atoms with Gasteiger partial charge in [0.15, 0.2) is 0 Å². The molecule has 0 unspecified atom stereocenters. The highest BCUT2D eigenvalue weighted by Gasteiger charge is 2.04. The lowest BCUT2D eigenvalue weighted by molar-refractivity contribution is 0.338. The number of nitrogen functional groups attached to an aromatic ring is 1. The van der Waals surface area contributed by atoms with Crippen LogP contribution in [-0.4, -0.2) is 6.61 Å². The lowest BCUT2D eigenvalue weighted by atomic mass is 10.2. The van der Waals surface area contributed by atoms with E-state index in [4.69, 9.17) is 15.2 Å². The van der Waals surface area contributed by atoms with E-state index in [1.54, 1.807) is 12.1 Å². The Labute approximate surface area is 107 Å². The zero-order valence-corrected chi connectivity index (χ0v) is 10.6. The van der Waals surface area contributed by atoms with Gasteiger partial charge in [-0.15, -0.1) is 0 Å². The second kappa shape index (κ2) is 5.45. The summed E-state index contributed by atoms with van der Waals surface area (Å²) in [5.74, 6) is 2.24. The van der Waals surface area contributed by atoms with Gasteiger partial charge in [-0.05, 0) is 25.5 Å². The van der Waals surface area contributed by atoms with E-state index in [1.165, 1.54) is 0 Å². The van der Waals surface area contributed by atoms with Gasteiger partial charge in [-0.25, -0.2) is 0 Å². The van der Waals surface area contributed by atoms with Crippen LogP contribution in [0.25, 0.3) is 0 Å². The maximum atomic E-state index is 5.82. The van der Waals surface area contributed by atoms with E-state index in [0.29, 0.717) is 18.0 Å². The number of hydrogen-bond acceptors (Lipinski definition) is 3. The normalized spacial score (nSPS) is 10.1. The van der Waals surface area contributed by atoms with Gasteiger partial charge in [-0.1, -0.05) is 18.2 Å². The van der Waals surface area contributed by atoms with E-state index < -0.39 is 0 Å². The summed E-state index contributed by atoms with van der Waals surface area (Å²) in [4.78, 5) is 0. The second-order valence-electron chi connectivity index (χ2n) is 4.04. The summed E-state index contributed by atoms with van der Waals surface area (Å²) in [6.45, 7) is 4.55. The molecule has 3 nitrogen and oxygen atoms in total. The van der Waals surface area contributed by atoms with Crippen LogP contribution in [0.2, 0.25) is 0 Å². The van der Waals surface area contributed by atoms with Crippen LogP contribution in [0.4, 0.5) is 5.69 Å². The molecule has 2 aromatic carbocycles.